The number of aromatic nitrogens is 1. The van der Waals surface area contributed by atoms with Gasteiger partial charge in [0.1, 0.15) is 5.75 Å². The second kappa shape index (κ2) is 11.1. The molecule has 2 N–H and O–H groups in total. The Kier molecular flexibility index (Phi) is 7.91. The fourth-order valence-corrected chi connectivity index (χ4v) is 7.39. The van der Waals surface area contributed by atoms with Crippen LogP contribution in [0.3, 0.4) is 0 Å². The van der Waals surface area contributed by atoms with Crippen LogP contribution in [0.5, 0.6) is 5.75 Å². The van der Waals surface area contributed by atoms with E-state index in [1.165, 1.54) is 11.4 Å². The highest BCUT2D eigenvalue weighted by Gasteiger charge is 2.55. The predicted molar refractivity (Wildman–Crippen MR) is 140 cm³/mol. The second-order valence-electron chi connectivity index (χ2n) is 8.66. The van der Waals surface area contributed by atoms with E-state index in [2.05, 4.69) is 15.6 Å². The number of hydrogen-bond acceptors (Lipinski definition) is 6. The van der Waals surface area contributed by atoms with Crippen LogP contribution in [0.25, 0.3) is 0 Å². The van der Waals surface area contributed by atoms with Crippen LogP contribution in [-0.4, -0.2) is 46.1 Å². The number of carbonyl (C=O) groups excluding carboxylic acids is 1. The van der Waals surface area contributed by atoms with Crippen LogP contribution < -0.4 is 19.7 Å². The molecule has 1 atom stereocenters. The number of methoxy groups -OCH3 is 1. The molecule has 1 aliphatic rings. The quantitative estimate of drug-likeness (QED) is 0.459. The first-order valence-electron chi connectivity index (χ1n) is 12.1. The lowest BCUT2D eigenvalue weighted by molar-refractivity contribution is 0.0887. The topological polar surface area (TPSA) is 101 Å². The molecule has 0 spiro atoms. The summed E-state index contributed by atoms with van der Waals surface area (Å²) in [5.41, 5.74) is 1.29. The van der Waals surface area contributed by atoms with Crippen LogP contribution in [0.1, 0.15) is 35.7 Å². The van der Waals surface area contributed by atoms with Crippen LogP contribution in [0.4, 0.5) is 5.69 Å². The normalized spacial score (nSPS) is 16.1. The molecule has 8 nitrogen and oxygen atoms in total. The number of nitrogens with zero attached hydrogens (tertiary/aromatic N) is 2. The summed E-state index contributed by atoms with van der Waals surface area (Å²) in [6.07, 6.45) is 4.29. The van der Waals surface area contributed by atoms with Gasteiger partial charge >= 0.3 is 0 Å². The SMILES string of the molecule is CCN(c1ccncc1)S(=O)(=O)C(NC(=O)c1ccccc1OC)(c1ccccc1)C1CCNCC1. The van der Waals surface area contributed by atoms with Crippen molar-refractivity contribution < 1.29 is 17.9 Å². The number of para-hydroxylation sites is 1. The molecular weight excluding hydrogens is 476 g/mol. The summed E-state index contributed by atoms with van der Waals surface area (Å²) in [5, 5.41) is 6.36. The van der Waals surface area contributed by atoms with Crippen molar-refractivity contribution in [3.63, 3.8) is 0 Å². The molecule has 0 saturated carbocycles. The Balaban J connectivity index is 1.95. The third kappa shape index (κ3) is 4.68. The van der Waals surface area contributed by atoms with Crippen LogP contribution >= 0.6 is 0 Å². The van der Waals surface area contributed by atoms with Crippen molar-refractivity contribution in [2.75, 3.05) is 31.0 Å². The van der Waals surface area contributed by atoms with E-state index in [0.717, 1.165) is 0 Å². The van der Waals surface area contributed by atoms with Crippen molar-refractivity contribution in [2.24, 2.45) is 5.92 Å². The Morgan fingerprint density at radius 3 is 2.33 bits per heavy atom. The Hall–Kier alpha value is -3.43. The molecule has 0 radical (unpaired) electrons. The highest BCUT2D eigenvalue weighted by molar-refractivity contribution is 7.93. The minimum atomic E-state index is -4.20. The summed E-state index contributed by atoms with van der Waals surface area (Å²) in [6, 6.07) is 19.2. The van der Waals surface area contributed by atoms with Crippen LogP contribution in [0, 0.1) is 5.92 Å². The van der Waals surface area contributed by atoms with Crippen molar-refractivity contribution in [3.05, 3.63) is 90.3 Å². The molecule has 1 aromatic heterocycles. The first-order valence-corrected chi connectivity index (χ1v) is 13.5. The van der Waals surface area contributed by atoms with E-state index in [4.69, 9.17) is 4.74 Å². The van der Waals surface area contributed by atoms with Gasteiger partial charge in [-0.3, -0.25) is 14.1 Å². The fraction of sp³-hybridized carbons (Fsp3) is 0.333. The van der Waals surface area contributed by atoms with E-state index >= 15 is 0 Å². The van der Waals surface area contributed by atoms with E-state index < -0.39 is 20.8 Å². The Bertz CT molecular complexity index is 1270. The average molecular weight is 509 g/mol. The monoisotopic (exact) mass is 508 g/mol. The van der Waals surface area contributed by atoms with Crippen LogP contribution in [0.15, 0.2) is 79.1 Å². The second-order valence-corrected chi connectivity index (χ2v) is 10.7. The lowest BCUT2D eigenvalue weighted by atomic mass is 9.84. The van der Waals surface area contributed by atoms with E-state index in [1.807, 2.05) is 6.07 Å². The largest absolute Gasteiger partial charge is 0.496 e. The molecule has 9 heteroatoms. The number of amides is 1. The third-order valence-electron chi connectivity index (χ3n) is 6.70. The van der Waals surface area contributed by atoms with Crippen molar-refractivity contribution in [2.45, 2.75) is 24.6 Å². The van der Waals surface area contributed by atoms with Crippen LogP contribution in [0.2, 0.25) is 0 Å². The molecule has 1 amide bonds. The van der Waals surface area contributed by atoms with Gasteiger partial charge in [0, 0.05) is 24.9 Å². The summed E-state index contributed by atoms with van der Waals surface area (Å²) in [6.45, 7) is 3.29. The molecule has 2 heterocycles. The van der Waals surface area contributed by atoms with E-state index in [0.29, 0.717) is 42.9 Å². The molecule has 3 aromatic rings. The number of nitrogens with one attached hydrogen (secondary N) is 2. The highest BCUT2D eigenvalue weighted by atomic mass is 32.2. The number of carbonyl (C=O) groups is 1. The summed E-state index contributed by atoms with van der Waals surface area (Å²) >= 11 is 0. The zero-order chi connectivity index (χ0) is 25.6. The van der Waals surface area contributed by atoms with Gasteiger partial charge in [0.2, 0.25) is 0 Å². The van der Waals surface area contributed by atoms with Gasteiger partial charge in [-0.15, -0.1) is 0 Å². The number of pyridine rings is 1. The molecular formula is C27H32N4O4S. The number of anilines is 1. The van der Waals surface area contributed by atoms with Gasteiger partial charge in [-0.2, -0.15) is 0 Å². The standard InChI is InChI=1S/C27H32N4O4S/c1-3-31(23-15-19-29-20-16-23)36(33,34)27(21-9-5-4-6-10-21,22-13-17-28-18-14-22)30-26(32)24-11-7-8-12-25(24)35-2/h4-12,15-16,19-20,22,28H,3,13-14,17-18H2,1-2H3,(H,30,32). The van der Waals surface area contributed by atoms with E-state index in [-0.39, 0.29) is 18.0 Å². The summed E-state index contributed by atoms with van der Waals surface area (Å²) in [7, 11) is -2.71. The molecule has 0 bridgehead atoms. The van der Waals surface area contributed by atoms with Crippen molar-refractivity contribution in [1.29, 1.82) is 0 Å². The van der Waals surface area contributed by atoms with Gasteiger partial charge in [0.05, 0.1) is 18.4 Å². The first-order chi connectivity index (χ1) is 17.5. The zero-order valence-corrected chi connectivity index (χ0v) is 21.4. The predicted octanol–water partition coefficient (Wildman–Crippen LogP) is 3.53. The molecule has 0 aliphatic carbocycles. The maximum Gasteiger partial charge on any atom is 0.264 e. The number of piperidine rings is 1. The van der Waals surface area contributed by atoms with Gasteiger partial charge in [-0.1, -0.05) is 42.5 Å². The molecule has 36 heavy (non-hydrogen) atoms. The van der Waals surface area contributed by atoms with Gasteiger partial charge in [-0.05, 0) is 62.7 Å². The first kappa shape index (κ1) is 25.7. The molecule has 190 valence electrons. The van der Waals surface area contributed by atoms with Gasteiger partial charge < -0.3 is 15.4 Å². The lowest BCUT2D eigenvalue weighted by Crippen LogP contribution is -2.62. The Morgan fingerprint density at radius 2 is 1.69 bits per heavy atom. The van der Waals surface area contributed by atoms with Crippen molar-refractivity contribution in [3.8, 4) is 5.75 Å². The lowest BCUT2D eigenvalue weighted by Gasteiger charge is -2.45. The Labute approximate surface area is 212 Å². The number of ether oxygens (including phenoxy) is 1. The number of sulfonamides is 1. The molecule has 2 aromatic carbocycles. The Morgan fingerprint density at radius 1 is 1.06 bits per heavy atom. The zero-order valence-electron chi connectivity index (χ0n) is 20.6. The minimum absolute atomic E-state index is 0.191. The highest BCUT2D eigenvalue weighted by Crippen LogP contribution is 2.43. The maximum atomic E-state index is 14.8. The van der Waals surface area contributed by atoms with Crippen molar-refractivity contribution >= 4 is 21.6 Å². The summed E-state index contributed by atoms with van der Waals surface area (Å²) in [5.74, 6) is -0.508. The van der Waals surface area contributed by atoms with Gasteiger partial charge in [0.25, 0.3) is 15.9 Å². The fourth-order valence-electron chi connectivity index (χ4n) is 4.99. The third-order valence-corrected chi connectivity index (χ3v) is 9.24. The number of benzene rings is 2. The van der Waals surface area contributed by atoms with Gasteiger partial charge in [0.15, 0.2) is 4.87 Å². The molecule has 4 rings (SSSR count). The van der Waals surface area contributed by atoms with Crippen LogP contribution in [-0.2, 0) is 14.9 Å². The van der Waals surface area contributed by atoms with E-state index in [9.17, 15) is 13.2 Å². The molecule has 1 unspecified atom stereocenters. The number of rotatable bonds is 9. The molecule has 1 fully saturated rings. The molecule has 1 saturated heterocycles. The van der Waals surface area contributed by atoms with E-state index in [1.54, 1.807) is 80.0 Å². The average Bonchev–Trinajstić information content (AvgIpc) is 2.93. The summed E-state index contributed by atoms with van der Waals surface area (Å²) in [4.78, 5) is 16.2. The van der Waals surface area contributed by atoms with Gasteiger partial charge in [-0.25, -0.2) is 8.42 Å². The smallest absolute Gasteiger partial charge is 0.264 e. The maximum absolute atomic E-state index is 14.8. The number of hydrogen-bond donors (Lipinski definition) is 2. The minimum Gasteiger partial charge on any atom is -0.496 e. The van der Waals surface area contributed by atoms with Crippen molar-refractivity contribution in [1.82, 2.24) is 15.6 Å². The summed E-state index contributed by atoms with van der Waals surface area (Å²) < 4.78 is 36.5. The molecule has 1 aliphatic heterocycles.